The predicted molar refractivity (Wildman–Crippen MR) is 79.2 cm³/mol. The van der Waals surface area contributed by atoms with Crippen LogP contribution in [0.1, 0.15) is 18.9 Å². The summed E-state index contributed by atoms with van der Waals surface area (Å²) in [6.45, 7) is 1.25. The van der Waals surface area contributed by atoms with E-state index in [1.54, 1.807) is 14.0 Å². The molecular formula is C15H19N3O4. The number of rotatable bonds is 6. The largest absolute Gasteiger partial charge is 0.497 e. The lowest BCUT2D eigenvalue weighted by Crippen LogP contribution is -2.45. The lowest BCUT2D eigenvalue weighted by Gasteiger charge is -2.21. The van der Waals surface area contributed by atoms with Crippen molar-refractivity contribution in [1.29, 1.82) is 0 Å². The van der Waals surface area contributed by atoms with E-state index >= 15 is 0 Å². The van der Waals surface area contributed by atoms with E-state index in [0.29, 0.717) is 12.8 Å². The summed E-state index contributed by atoms with van der Waals surface area (Å²) in [6.07, 6.45) is 1.04. The number of nitrogens with zero attached hydrogens (tertiary/aromatic N) is 1. The molecule has 1 aromatic rings. The van der Waals surface area contributed by atoms with Crippen molar-refractivity contribution in [3.05, 3.63) is 29.8 Å². The Hall–Kier alpha value is -2.57. The fraction of sp³-hybridized carbons (Fsp3) is 0.400. The van der Waals surface area contributed by atoms with E-state index in [-0.39, 0.29) is 0 Å². The molecule has 0 unspecified atom stereocenters. The van der Waals surface area contributed by atoms with Crippen molar-refractivity contribution in [2.24, 2.45) is 5.73 Å². The minimum absolute atomic E-state index is 0.400. The number of aryl methyl sites for hydroxylation is 1. The van der Waals surface area contributed by atoms with Crippen molar-refractivity contribution >= 4 is 17.8 Å². The molecule has 1 aliphatic heterocycles. The van der Waals surface area contributed by atoms with E-state index in [2.05, 4.69) is 5.32 Å². The summed E-state index contributed by atoms with van der Waals surface area (Å²) in [6, 6.07) is 6.91. The van der Waals surface area contributed by atoms with Gasteiger partial charge in [-0.25, -0.2) is 4.79 Å². The number of primary amides is 1. The van der Waals surface area contributed by atoms with Crippen molar-refractivity contribution < 1.29 is 19.1 Å². The van der Waals surface area contributed by atoms with Crippen LogP contribution in [0.3, 0.4) is 0 Å². The predicted octanol–water partition coefficient (Wildman–Crippen LogP) is 0.424. The Morgan fingerprint density at radius 1 is 1.32 bits per heavy atom. The van der Waals surface area contributed by atoms with Crippen LogP contribution in [0.4, 0.5) is 4.79 Å². The number of nitrogens with two attached hydrogens (primary N) is 1. The number of carbonyl (C=O) groups is 3. The molecule has 7 heteroatoms. The standard InChI is InChI=1S/C15H19N3O4/c1-15(8-7-10-3-5-11(22-2)6-4-10)13(20)18(9-12(16)19)14(21)17-15/h3-6H,7-9H2,1-2H3,(H2,16,19)(H,17,21)/t15-/m1/s1. The van der Waals surface area contributed by atoms with E-state index in [1.807, 2.05) is 24.3 Å². The van der Waals surface area contributed by atoms with Gasteiger partial charge >= 0.3 is 6.03 Å². The van der Waals surface area contributed by atoms with Crippen LogP contribution in [0.25, 0.3) is 0 Å². The first-order valence-corrected chi connectivity index (χ1v) is 6.91. The summed E-state index contributed by atoms with van der Waals surface area (Å²) >= 11 is 0. The van der Waals surface area contributed by atoms with Crippen LogP contribution >= 0.6 is 0 Å². The van der Waals surface area contributed by atoms with Gasteiger partial charge in [-0.3, -0.25) is 14.5 Å². The maximum absolute atomic E-state index is 12.3. The van der Waals surface area contributed by atoms with Crippen LogP contribution in [0.15, 0.2) is 24.3 Å². The average Bonchev–Trinajstić information content (AvgIpc) is 2.69. The molecule has 1 aliphatic rings. The molecule has 1 heterocycles. The number of hydrogen-bond acceptors (Lipinski definition) is 4. The van der Waals surface area contributed by atoms with E-state index < -0.39 is 29.9 Å². The zero-order valence-electron chi connectivity index (χ0n) is 12.6. The third-order valence-electron chi connectivity index (χ3n) is 3.73. The van der Waals surface area contributed by atoms with Crippen molar-refractivity contribution in [2.45, 2.75) is 25.3 Å². The van der Waals surface area contributed by atoms with Gasteiger partial charge in [-0.05, 0) is 37.5 Å². The van der Waals surface area contributed by atoms with Gasteiger partial charge < -0.3 is 15.8 Å². The molecular weight excluding hydrogens is 286 g/mol. The summed E-state index contributed by atoms with van der Waals surface area (Å²) in [4.78, 5) is 35.9. The smallest absolute Gasteiger partial charge is 0.325 e. The highest BCUT2D eigenvalue weighted by Crippen LogP contribution is 2.23. The Kier molecular flexibility index (Phi) is 4.35. The molecule has 1 fully saturated rings. The highest BCUT2D eigenvalue weighted by atomic mass is 16.5. The molecule has 1 aromatic carbocycles. The second-order valence-electron chi connectivity index (χ2n) is 5.47. The van der Waals surface area contributed by atoms with Gasteiger partial charge in [-0.15, -0.1) is 0 Å². The summed E-state index contributed by atoms with van der Waals surface area (Å²) in [7, 11) is 1.59. The summed E-state index contributed by atoms with van der Waals surface area (Å²) in [5, 5.41) is 2.63. The van der Waals surface area contributed by atoms with Crippen molar-refractivity contribution in [3.63, 3.8) is 0 Å². The van der Waals surface area contributed by atoms with Crippen LogP contribution < -0.4 is 15.8 Å². The molecule has 22 heavy (non-hydrogen) atoms. The maximum atomic E-state index is 12.3. The molecule has 0 spiro atoms. The number of hydrogen-bond donors (Lipinski definition) is 2. The number of urea groups is 1. The van der Waals surface area contributed by atoms with E-state index in [4.69, 9.17) is 10.5 Å². The number of amides is 4. The van der Waals surface area contributed by atoms with Crippen LogP contribution in [0.5, 0.6) is 5.75 Å². The summed E-state index contributed by atoms with van der Waals surface area (Å²) < 4.78 is 5.09. The molecule has 0 aromatic heterocycles. The summed E-state index contributed by atoms with van der Waals surface area (Å²) in [5.74, 6) is -0.388. The van der Waals surface area contributed by atoms with Gasteiger partial charge in [0, 0.05) is 0 Å². The highest BCUT2D eigenvalue weighted by molar-refractivity contribution is 6.08. The van der Waals surface area contributed by atoms with Crippen LogP contribution in [-0.2, 0) is 16.0 Å². The molecule has 118 valence electrons. The molecule has 3 N–H and O–H groups in total. The maximum Gasteiger partial charge on any atom is 0.325 e. The lowest BCUT2D eigenvalue weighted by molar-refractivity contribution is -0.134. The summed E-state index contributed by atoms with van der Waals surface area (Å²) in [5.41, 5.74) is 5.06. The quantitative estimate of drug-likeness (QED) is 0.744. The van der Waals surface area contributed by atoms with Crippen molar-refractivity contribution in [1.82, 2.24) is 10.2 Å². The Labute approximate surface area is 128 Å². The van der Waals surface area contributed by atoms with Gasteiger partial charge in [0.05, 0.1) is 7.11 Å². The number of benzene rings is 1. The second kappa shape index (κ2) is 6.05. The number of carbonyl (C=O) groups excluding carboxylic acids is 3. The minimum atomic E-state index is -1.02. The third kappa shape index (κ3) is 3.19. The van der Waals surface area contributed by atoms with Crippen molar-refractivity contribution in [2.75, 3.05) is 13.7 Å². The molecule has 4 amide bonds. The fourth-order valence-corrected chi connectivity index (χ4v) is 2.40. The number of nitrogens with one attached hydrogen (secondary N) is 1. The van der Waals surface area contributed by atoms with Gasteiger partial charge in [0.2, 0.25) is 5.91 Å². The molecule has 1 atom stereocenters. The third-order valence-corrected chi connectivity index (χ3v) is 3.73. The highest BCUT2D eigenvalue weighted by Gasteiger charge is 2.47. The van der Waals surface area contributed by atoms with Gasteiger partial charge in [-0.2, -0.15) is 0 Å². The molecule has 0 radical (unpaired) electrons. The normalized spacial score (nSPS) is 20.9. The van der Waals surface area contributed by atoms with Crippen molar-refractivity contribution in [3.8, 4) is 5.75 Å². The first kappa shape index (κ1) is 15.8. The molecule has 0 bridgehead atoms. The molecule has 2 rings (SSSR count). The Morgan fingerprint density at radius 2 is 1.95 bits per heavy atom. The molecule has 0 aliphatic carbocycles. The number of ether oxygens (including phenoxy) is 1. The van der Waals surface area contributed by atoms with Gasteiger partial charge in [-0.1, -0.05) is 12.1 Å². The monoisotopic (exact) mass is 305 g/mol. The number of imide groups is 1. The zero-order valence-corrected chi connectivity index (χ0v) is 12.6. The average molecular weight is 305 g/mol. The molecule has 0 saturated carbocycles. The Bertz CT molecular complexity index is 599. The SMILES string of the molecule is COc1ccc(CC[C@@]2(C)NC(=O)N(CC(N)=O)C2=O)cc1. The minimum Gasteiger partial charge on any atom is -0.497 e. The zero-order chi connectivity index (χ0) is 16.3. The Morgan fingerprint density at radius 3 is 2.50 bits per heavy atom. The molecule has 1 saturated heterocycles. The van der Waals surface area contributed by atoms with Crippen LogP contribution in [0, 0.1) is 0 Å². The van der Waals surface area contributed by atoms with Crippen LogP contribution in [0.2, 0.25) is 0 Å². The first-order valence-electron chi connectivity index (χ1n) is 6.91. The van der Waals surface area contributed by atoms with Gasteiger partial charge in [0.1, 0.15) is 17.8 Å². The second-order valence-corrected chi connectivity index (χ2v) is 5.47. The first-order chi connectivity index (χ1) is 10.4. The van der Waals surface area contributed by atoms with E-state index in [1.165, 1.54) is 0 Å². The van der Waals surface area contributed by atoms with Gasteiger partial charge in [0.25, 0.3) is 5.91 Å². The molecule has 7 nitrogen and oxygen atoms in total. The Balaban J connectivity index is 2.03. The topological polar surface area (TPSA) is 102 Å². The van der Waals surface area contributed by atoms with E-state index in [0.717, 1.165) is 16.2 Å². The van der Waals surface area contributed by atoms with Gasteiger partial charge in [0.15, 0.2) is 0 Å². The fourth-order valence-electron chi connectivity index (χ4n) is 2.40. The van der Waals surface area contributed by atoms with E-state index in [9.17, 15) is 14.4 Å². The van der Waals surface area contributed by atoms with Crippen LogP contribution in [-0.4, -0.2) is 41.9 Å². The lowest BCUT2D eigenvalue weighted by atomic mass is 9.93. The number of methoxy groups -OCH3 is 1.